The van der Waals surface area contributed by atoms with Gasteiger partial charge in [-0.25, -0.2) is 9.18 Å². The number of halogens is 2. The second-order valence-electron chi connectivity index (χ2n) is 6.33. The number of nitriles is 1. The number of benzene rings is 1. The lowest BCUT2D eigenvalue weighted by molar-refractivity contribution is -0.150. The zero-order valence-corrected chi connectivity index (χ0v) is 15.2. The smallest absolute Gasteiger partial charge is 0.331 e. The fourth-order valence-corrected chi connectivity index (χ4v) is 2.99. The first-order valence-corrected chi connectivity index (χ1v) is 8.80. The second-order valence-corrected chi connectivity index (χ2v) is 6.74. The molecule has 1 saturated carbocycles. The van der Waals surface area contributed by atoms with E-state index in [1.165, 1.54) is 31.2 Å². The third-order valence-electron chi connectivity index (χ3n) is 4.30. The molecule has 26 heavy (non-hydrogen) atoms. The lowest BCUT2D eigenvalue weighted by Crippen LogP contribution is -2.52. The van der Waals surface area contributed by atoms with Crippen molar-refractivity contribution in [2.75, 3.05) is 0 Å². The van der Waals surface area contributed by atoms with Gasteiger partial charge >= 0.3 is 5.97 Å². The van der Waals surface area contributed by atoms with Crippen LogP contribution >= 0.6 is 11.6 Å². The van der Waals surface area contributed by atoms with Crippen LogP contribution in [0.4, 0.5) is 4.39 Å². The third kappa shape index (κ3) is 5.30. The van der Waals surface area contributed by atoms with Gasteiger partial charge in [0.1, 0.15) is 11.4 Å². The summed E-state index contributed by atoms with van der Waals surface area (Å²) in [7, 11) is 0. The number of nitrogens with zero attached hydrogens (tertiary/aromatic N) is 1. The van der Waals surface area contributed by atoms with Gasteiger partial charge in [0.05, 0.1) is 11.1 Å². The summed E-state index contributed by atoms with van der Waals surface area (Å²) < 4.78 is 18.2. The Morgan fingerprint density at radius 3 is 2.69 bits per heavy atom. The molecule has 138 valence electrons. The highest BCUT2D eigenvalue weighted by Crippen LogP contribution is 2.27. The lowest BCUT2D eigenvalue weighted by atomic mass is 9.83. The van der Waals surface area contributed by atoms with E-state index in [0.717, 1.165) is 25.3 Å². The Morgan fingerprint density at radius 2 is 2.08 bits per heavy atom. The molecule has 0 aromatic heterocycles. The molecule has 1 fully saturated rings. The lowest BCUT2D eigenvalue weighted by Gasteiger charge is -2.32. The van der Waals surface area contributed by atoms with Crippen molar-refractivity contribution in [3.8, 4) is 6.07 Å². The zero-order valence-electron chi connectivity index (χ0n) is 14.4. The SMILES string of the molecule is C[C@@H](OC(=O)/C=C/c1ccc(F)c(Cl)c1)C(=O)NC1(C#N)CCCCC1. The van der Waals surface area contributed by atoms with Gasteiger partial charge in [-0.3, -0.25) is 4.79 Å². The number of esters is 1. The van der Waals surface area contributed by atoms with Crippen LogP contribution in [-0.2, 0) is 14.3 Å². The fourth-order valence-electron chi connectivity index (χ4n) is 2.80. The fraction of sp³-hybridized carbons (Fsp3) is 0.421. The average molecular weight is 379 g/mol. The molecule has 1 N–H and O–H groups in total. The van der Waals surface area contributed by atoms with E-state index in [1.807, 2.05) is 0 Å². The number of rotatable bonds is 5. The van der Waals surface area contributed by atoms with Gasteiger partial charge in [-0.1, -0.05) is 36.9 Å². The summed E-state index contributed by atoms with van der Waals surface area (Å²) in [5, 5.41) is 12.0. The zero-order chi connectivity index (χ0) is 19.2. The summed E-state index contributed by atoms with van der Waals surface area (Å²) in [6.07, 6.45) is 5.51. The molecule has 5 nitrogen and oxygen atoms in total. The molecule has 0 heterocycles. The molecule has 1 aromatic rings. The van der Waals surface area contributed by atoms with Gasteiger partial charge in [0.25, 0.3) is 5.91 Å². The maximum atomic E-state index is 13.1. The van der Waals surface area contributed by atoms with Crippen LogP contribution in [0.15, 0.2) is 24.3 Å². The number of ether oxygens (including phenoxy) is 1. The molecule has 7 heteroatoms. The van der Waals surface area contributed by atoms with Gasteiger partial charge in [-0.15, -0.1) is 0 Å². The molecule has 0 saturated heterocycles. The maximum Gasteiger partial charge on any atom is 0.331 e. The molecule has 0 spiro atoms. The van der Waals surface area contributed by atoms with E-state index in [4.69, 9.17) is 16.3 Å². The monoisotopic (exact) mass is 378 g/mol. The summed E-state index contributed by atoms with van der Waals surface area (Å²) in [4.78, 5) is 24.1. The Balaban J connectivity index is 1.91. The molecule has 1 amide bonds. The minimum Gasteiger partial charge on any atom is -0.449 e. The van der Waals surface area contributed by atoms with Gasteiger partial charge in [0.15, 0.2) is 6.10 Å². The highest BCUT2D eigenvalue weighted by Gasteiger charge is 2.35. The summed E-state index contributed by atoms with van der Waals surface area (Å²) in [6, 6.07) is 6.20. The van der Waals surface area contributed by atoms with Gasteiger partial charge in [-0.2, -0.15) is 5.26 Å². The van der Waals surface area contributed by atoms with Gasteiger partial charge in [-0.05, 0) is 43.5 Å². The number of hydrogen-bond donors (Lipinski definition) is 1. The van der Waals surface area contributed by atoms with Gasteiger partial charge < -0.3 is 10.1 Å². The van der Waals surface area contributed by atoms with E-state index in [0.29, 0.717) is 18.4 Å². The van der Waals surface area contributed by atoms with Crippen molar-refractivity contribution in [1.29, 1.82) is 5.26 Å². The van der Waals surface area contributed by atoms with Crippen LogP contribution in [0.1, 0.15) is 44.6 Å². The molecule has 1 atom stereocenters. The average Bonchev–Trinajstić information content (AvgIpc) is 2.63. The van der Waals surface area contributed by atoms with Crippen molar-refractivity contribution >= 4 is 29.6 Å². The normalized spacial score (nSPS) is 17.3. The first kappa shape index (κ1) is 19.9. The van der Waals surface area contributed by atoms with Crippen molar-refractivity contribution in [2.45, 2.75) is 50.7 Å². The van der Waals surface area contributed by atoms with E-state index in [9.17, 15) is 19.2 Å². The summed E-state index contributed by atoms with van der Waals surface area (Å²) in [6.45, 7) is 1.45. The summed E-state index contributed by atoms with van der Waals surface area (Å²) in [5.74, 6) is -1.77. The third-order valence-corrected chi connectivity index (χ3v) is 4.59. The highest BCUT2D eigenvalue weighted by atomic mass is 35.5. The number of hydrogen-bond acceptors (Lipinski definition) is 4. The van der Waals surface area contributed by atoms with Crippen LogP contribution < -0.4 is 5.32 Å². The van der Waals surface area contributed by atoms with Gasteiger partial charge in [0.2, 0.25) is 0 Å². The molecule has 2 rings (SSSR count). The van der Waals surface area contributed by atoms with Crippen molar-refractivity contribution in [1.82, 2.24) is 5.32 Å². The maximum absolute atomic E-state index is 13.1. The Bertz CT molecular complexity index is 752. The molecular formula is C19H20ClFN2O3. The van der Waals surface area contributed by atoms with Crippen LogP contribution in [-0.4, -0.2) is 23.5 Å². The van der Waals surface area contributed by atoms with Crippen molar-refractivity contribution in [3.63, 3.8) is 0 Å². The first-order chi connectivity index (χ1) is 12.3. The molecule has 1 aromatic carbocycles. The predicted octanol–water partition coefficient (Wildman–Crippen LogP) is 3.77. The van der Waals surface area contributed by atoms with E-state index in [2.05, 4.69) is 11.4 Å². The van der Waals surface area contributed by atoms with E-state index >= 15 is 0 Å². The first-order valence-electron chi connectivity index (χ1n) is 8.42. The van der Waals surface area contributed by atoms with Crippen molar-refractivity contribution in [2.24, 2.45) is 0 Å². The topological polar surface area (TPSA) is 79.2 Å². The molecule has 0 radical (unpaired) electrons. The molecule has 0 aliphatic heterocycles. The van der Waals surface area contributed by atoms with Crippen LogP contribution in [0, 0.1) is 17.1 Å². The highest BCUT2D eigenvalue weighted by molar-refractivity contribution is 6.30. The van der Waals surface area contributed by atoms with Crippen LogP contribution in [0.3, 0.4) is 0 Å². The largest absolute Gasteiger partial charge is 0.449 e. The molecule has 0 bridgehead atoms. The van der Waals surface area contributed by atoms with Crippen molar-refractivity contribution in [3.05, 3.63) is 40.7 Å². The van der Waals surface area contributed by atoms with E-state index in [1.54, 1.807) is 0 Å². The van der Waals surface area contributed by atoms with Crippen LogP contribution in [0.25, 0.3) is 6.08 Å². The molecule has 0 unspecified atom stereocenters. The number of carbonyl (C=O) groups excluding carboxylic acids is 2. The second kappa shape index (κ2) is 8.81. The quantitative estimate of drug-likeness (QED) is 0.624. The van der Waals surface area contributed by atoms with E-state index < -0.39 is 29.3 Å². The Kier molecular flexibility index (Phi) is 6.76. The van der Waals surface area contributed by atoms with Crippen molar-refractivity contribution < 1.29 is 18.7 Å². The van der Waals surface area contributed by atoms with Crippen LogP contribution in [0.2, 0.25) is 5.02 Å². The predicted molar refractivity (Wildman–Crippen MR) is 95.6 cm³/mol. The summed E-state index contributed by atoms with van der Waals surface area (Å²) in [5.41, 5.74) is -0.354. The number of nitrogens with one attached hydrogen (secondary N) is 1. The summed E-state index contributed by atoms with van der Waals surface area (Å²) >= 11 is 5.67. The van der Waals surface area contributed by atoms with Crippen LogP contribution in [0.5, 0.6) is 0 Å². The van der Waals surface area contributed by atoms with Gasteiger partial charge in [0, 0.05) is 6.08 Å². The molecular weight excluding hydrogens is 359 g/mol. The minimum absolute atomic E-state index is 0.0532. The standard InChI is InChI=1S/C19H20ClFN2O3/c1-13(18(25)23-19(12-22)9-3-2-4-10-19)26-17(24)8-6-14-5-7-16(21)15(20)11-14/h5-8,11,13H,2-4,9-10H2,1H3,(H,23,25)/b8-6+/t13-/m1/s1. The minimum atomic E-state index is -1.03. The number of amides is 1. The Hall–Kier alpha value is -2.39. The Labute approximate surface area is 156 Å². The Morgan fingerprint density at radius 1 is 1.38 bits per heavy atom. The van der Waals surface area contributed by atoms with E-state index in [-0.39, 0.29) is 5.02 Å². The number of carbonyl (C=O) groups is 2. The molecule has 1 aliphatic rings. The molecule has 1 aliphatic carbocycles.